The second-order valence-corrected chi connectivity index (χ2v) is 3.68. The molecule has 0 radical (unpaired) electrons. The fourth-order valence-corrected chi connectivity index (χ4v) is 1.64. The van der Waals surface area contributed by atoms with Gasteiger partial charge in [-0.2, -0.15) is 18.3 Å². The van der Waals surface area contributed by atoms with Crippen LogP contribution in [0, 0.1) is 0 Å². The fraction of sp³-hybridized carbons (Fsp3) is 0.273. The number of nitrogens with two attached hydrogens (primary N) is 1. The highest BCUT2D eigenvalue weighted by molar-refractivity contribution is 6.05. The zero-order chi connectivity index (χ0) is 12.5. The van der Waals surface area contributed by atoms with E-state index in [1.54, 1.807) is 6.07 Å². The van der Waals surface area contributed by atoms with Crippen molar-refractivity contribution in [2.24, 2.45) is 15.9 Å². The maximum absolute atomic E-state index is 12.8. The van der Waals surface area contributed by atoms with Crippen molar-refractivity contribution in [3.8, 4) is 0 Å². The Morgan fingerprint density at radius 3 is 2.35 bits per heavy atom. The van der Waals surface area contributed by atoms with Gasteiger partial charge in [-0.25, -0.2) is 0 Å². The molecule has 0 aliphatic carbocycles. The largest absolute Gasteiger partial charge is 0.417 e. The van der Waals surface area contributed by atoms with Crippen molar-refractivity contribution in [3.63, 3.8) is 0 Å². The minimum atomic E-state index is -4.38. The minimum absolute atomic E-state index is 0.0799. The van der Waals surface area contributed by atoms with Gasteiger partial charge >= 0.3 is 6.18 Å². The van der Waals surface area contributed by atoms with Crippen molar-refractivity contribution in [2.45, 2.75) is 19.0 Å². The van der Waals surface area contributed by atoms with Gasteiger partial charge in [-0.05, 0) is 12.5 Å². The van der Waals surface area contributed by atoms with Crippen LogP contribution in [0.3, 0.4) is 0 Å². The second kappa shape index (κ2) is 4.20. The van der Waals surface area contributed by atoms with E-state index in [4.69, 9.17) is 5.73 Å². The van der Waals surface area contributed by atoms with Crippen LogP contribution >= 0.6 is 0 Å². The molecule has 1 aromatic rings. The number of nitrogens with zero attached hydrogens (tertiary/aromatic N) is 2. The number of rotatable bonds is 1. The van der Waals surface area contributed by atoms with Crippen LogP contribution in [0.1, 0.15) is 24.0 Å². The number of alkyl halides is 3. The molecule has 3 nitrogen and oxygen atoms in total. The van der Waals surface area contributed by atoms with E-state index in [0.29, 0.717) is 24.4 Å². The fourth-order valence-electron chi connectivity index (χ4n) is 1.64. The van der Waals surface area contributed by atoms with E-state index in [9.17, 15) is 13.2 Å². The van der Waals surface area contributed by atoms with E-state index >= 15 is 0 Å². The quantitative estimate of drug-likeness (QED) is 0.807. The summed E-state index contributed by atoms with van der Waals surface area (Å²) in [5, 5.41) is 7.36. The third-order valence-corrected chi connectivity index (χ3v) is 2.46. The Hall–Kier alpha value is -1.85. The molecule has 90 valence electrons. The Morgan fingerprint density at radius 2 is 1.76 bits per heavy atom. The molecular formula is C11H10F3N3. The van der Waals surface area contributed by atoms with Gasteiger partial charge in [0.15, 0.2) is 0 Å². The third kappa shape index (κ3) is 2.46. The molecular weight excluding hydrogens is 231 g/mol. The number of benzene rings is 1. The van der Waals surface area contributed by atoms with Crippen LogP contribution < -0.4 is 5.73 Å². The normalized spacial score (nSPS) is 16.4. The third-order valence-electron chi connectivity index (χ3n) is 2.46. The average Bonchev–Trinajstić information content (AvgIpc) is 2.29. The molecule has 0 fully saturated rings. The van der Waals surface area contributed by atoms with E-state index < -0.39 is 11.7 Å². The zero-order valence-electron chi connectivity index (χ0n) is 8.83. The summed E-state index contributed by atoms with van der Waals surface area (Å²) in [6.07, 6.45) is -3.57. The van der Waals surface area contributed by atoms with Crippen molar-refractivity contribution < 1.29 is 13.2 Å². The summed E-state index contributed by atoms with van der Waals surface area (Å²) in [4.78, 5) is 0. The molecule has 1 aliphatic rings. The maximum atomic E-state index is 12.8. The first-order valence-corrected chi connectivity index (χ1v) is 5.04. The van der Waals surface area contributed by atoms with Crippen LogP contribution in [0.5, 0.6) is 0 Å². The lowest BCUT2D eigenvalue weighted by atomic mass is 9.99. The number of amidine groups is 1. The molecule has 6 heteroatoms. The molecule has 0 spiro atoms. The number of hydrogen-bond donors (Lipinski definition) is 1. The van der Waals surface area contributed by atoms with E-state index in [-0.39, 0.29) is 5.56 Å². The predicted molar refractivity (Wildman–Crippen MR) is 58.8 cm³/mol. The molecule has 1 heterocycles. The highest BCUT2D eigenvalue weighted by atomic mass is 19.4. The molecule has 17 heavy (non-hydrogen) atoms. The standard InChI is InChI=1S/C11H10F3N3/c12-11(13,14)8-4-2-1-3-7(8)9-5-6-10(15)17-16-9/h1-4H,5-6H2,(H2,15,17). The first-order chi connectivity index (χ1) is 7.98. The van der Waals surface area contributed by atoms with E-state index in [2.05, 4.69) is 10.2 Å². The lowest BCUT2D eigenvalue weighted by Gasteiger charge is -2.15. The number of hydrogen-bond acceptors (Lipinski definition) is 3. The molecule has 0 saturated carbocycles. The monoisotopic (exact) mass is 241 g/mol. The van der Waals surface area contributed by atoms with Gasteiger partial charge in [0.1, 0.15) is 5.84 Å². The smallest absolute Gasteiger partial charge is 0.386 e. The molecule has 0 unspecified atom stereocenters. The van der Waals surface area contributed by atoms with Gasteiger partial charge in [-0.1, -0.05) is 18.2 Å². The highest BCUT2D eigenvalue weighted by Gasteiger charge is 2.34. The van der Waals surface area contributed by atoms with Crippen molar-refractivity contribution >= 4 is 11.5 Å². The summed E-state index contributed by atoms with van der Waals surface area (Å²) < 4.78 is 38.3. The van der Waals surface area contributed by atoms with Crippen LogP contribution in [-0.4, -0.2) is 11.5 Å². The van der Waals surface area contributed by atoms with Gasteiger partial charge in [0.05, 0.1) is 11.3 Å². The SMILES string of the molecule is NC1=NN=C(c2ccccc2C(F)(F)F)CC1. The first-order valence-electron chi connectivity index (χ1n) is 5.04. The first kappa shape index (κ1) is 11.6. The topological polar surface area (TPSA) is 50.7 Å². The summed E-state index contributed by atoms with van der Waals surface area (Å²) in [5.41, 5.74) is 5.14. The lowest BCUT2D eigenvalue weighted by Crippen LogP contribution is -2.20. The van der Waals surface area contributed by atoms with Crippen LogP contribution in [-0.2, 0) is 6.18 Å². The van der Waals surface area contributed by atoms with E-state index in [1.807, 2.05) is 0 Å². The summed E-state index contributed by atoms with van der Waals surface area (Å²) >= 11 is 0. The van der Waals surface area contributed by atoms with Gasteiger partial charge in [-0.3, -0.25) is 0 Å². The molecule has 1 aromatic carbocycles. The Labute approximate surface area is 95.8 Å². The van der Waals surface area contributed by atoms with Gasteiger partial charge in [0, 0.05) is 12.0 Å². The Morgan fingerprint density at radius 1 is 1.06 bits per heavy atom. The van der Waals surface area contributed by atoms with Crippen molar-refractivity contribution in [2.75, 3.05) is 0 Å². The summed E-state index contributed by atoms with van der Waals surface area (Å²) in [5.74, 6) is 0.346. The molecule has 2 rings (SSSR count). The molecule has 0 amide bonds. The molecule has 0 saturated heterocycles. The maximum Gasteiger partial charge on any atom is 0.417 e. The van der Waals surface area contributed by atoms with Crippen LogP contribution in [0.2, 0.25) is 0 Å². The molecule has 0 atom stereocenters. The van der Waals surface area contributed by atoms with Crippen molar-refractivity contribution in [1.29, 1.82) is 0 Å². The van der Waals surface area contributed by atoms with E-state index in [1.165, 1.54) is 12.1 Å². The van der Waals surface area contributed by atoms with Crippen molar-refractivity contribution in [1.82, 2.24) is 0 Å². The Balaban J connectivity index is 2.46. The molecule has 0 aromatic heterocycles. The average molecular weight is 241 g/mol. The Bertz CT molecular complexity index is 489. The zero-order valence-corrected chi connectivity index (χ0v) is 8.83. The lowest BCUT2D eigenvalue weighted by molar-refractivity contribution is -0.137. The second-order valence-electron chi connectivity index (χ2n) is 3.68. The predicted octanol–water partition coefficient (Wildman–Crippen LogP) is 2.56. The highest BCUT2D eigenvalue weighted by Crippen LogP contribution is 2.32. The van der Waals surface area contributed by atoms with Gasteiger partial charge in [-0.15, -0.1) is 5.10 Å². The van der Waals surface area contributed by atoms with Gasteiger partial charge in [0.25, 0.3) is 0 Å². The van der Waals surface area contributed by atoms with E-state index in [0.717, 1.165) is 6.07 Å². The summed E-state index contributed by atoms with van der Waals surface area (Å²) in [6, 6.07) is 5.35. The minimum Gasteiger partial charge on any atom is -0.386 e. The molecule has 1 aliphatic heterocycles. The van der Waals surface area contributed by atoms with Crippen LogP contribution in [0.25, 0.3) is 0 Å². The molecule has 0 bridgehead atoms. The van der Waals surface area contributed by atoms with Gasteiger partial charge in [0.2, 0.25) is 0 Å². The van der Waals surface area contributed by atoms with Crippen LogP contribution in [0.4, 0.5) is 13.2 Å². The van der Waals surface area contributed by atoms with Crippen molar-refractivity contribution in [3.05, 3.63) is 35.4 Å². The van der Waals surface area contributed by atoms with Gasteiger partial charge < -0.3 is 5.73 Å². The summed E-state index contributed by atoms with van der Waals surface area (Å²) in [6.45, 7) is 0. The molecule has 2 N–H and O–H groups in total. The number of halogens is 3. The summed E-state index contributed by atoms with van der Waals surface area (Å²) in [7, 11) is 0. The van der Waals surface area contributed by atoms with Crippen LogP contribution in [0.15, 0.2) is 34.5 Å². The Kier molecular flexibility index (Phi) is 2.87.